The molecule has 2 heteroatoms. The predicted octanol–water partition coefficient (Wildman–Crippen LogP) is 2.89. The molecule has 0 fully saturated rings. The molecule has 0 bridgehead atoms. The molecule has 0 radical (unpaired) electrons. The van der Waals surface area contributed by atoms with E-state index in [1.807, 2.05) is 13.8 Å². The number of benzene rings is 1. The fourth-order valence-electron chi connectivity index (χ4n) is 0.664. The second-order valence-electron chi connectivity index (χ2n) is 1.73. The number of halogens is 1. The van der Waals surface area contributed by atoms with Crippen LogP contribution in [-0.2, 0) is 0 Å². The predicted molar refractivity (Wildman–Crippen MR) is 47.3 cm³/mol. The van der Waals surface area contributed by atoms with Crippen molar-refractivity contribution in [2.75, 3.05) is 12.4 Å². The Morgan fingerprint density at radius 2 is 1.73 bits per heavy atom. The van der Waals surface area contributed by atoms with Crippen molar-refractivity contribution in [3.05, 3.63) is 30.1 Å². The summed E-state index contributed by atoms with van der Waals surface area (Å²) >= 11 is 0. The minimum Gasteiger partial charge on any atom is -0.386 e. The summed E-state index contributed by atoms with van der Waals surface area (Å²) in [6, 6.07) is 6.56. The molecule has 0 unspecified atom stereocenters. The van der Waals surface area contributed by atoms with Crippen LogP contribution in [0.5, 0.6) is 0 Å². The molecule has 1 aromatic carbocycles. The Labute approximate surface area is 67.2 Å². The third-order valence-electron chi connectivity index (χ3n) is 1.14. The molecule has 0 amide bonds. The van der Waals surface area contributed by atoms with E-state index in [1.54, 1.807) is 25.2 Å². The minimum atomic E-state index is -0.208. The van der Waals surface area contributed by atoms with Gasteiger partial charge in [0.1, 0.15) is 5.82 Å². The lowest BCUT2D eigenvalue weighted by atomic mass is 10.3. The molecule has 1 N–H and O–H groups in total. The smallest absolute Gasteiger partial charge is 0.146 e. The number of hydrogen-bond donors (Lipinski definition) is 1. The molecular formula is C9H14FN. The van der Waals surface area contributed by atoms with Gasteiger partial charge in [-0.25, -0.2) is 4.39 Å². The molecule has 0 aliphatic heterocycles. The van der Waals surface area contributed by atoms with Crippen LogP contribution in [0.15, 0.2) is 24.3 Å². The minimum absolute atomic E-state index is 0.208. The maximum absolute atomic E-state index is 12.5. The second kappa shape index (κ2) is 5.71. The van der Waals surface area contributed by atoms with Gasteiger partial charge in [0.2, 0.25) is 0 Å². The van der Waals surface area contributed by atoms with E-state index in [4.69, 9.17) is 0 Å². The number of rotatable bonds is 1. The fourth-order valence-corrected chi connectivity index (χ4v) is 0.664. The van der Waals surface area contributed by atoms with Crippen LogP contribution in [0.4, 0.5) is 10.1 Å². The van der Waals surface area contributed by atoms with Crippen LogP contribution in [-0.4, -0.2) is 7.05 Å². The second-order valence-corrected chi connectivity index (χ2v) is 1.73. The molecule has 0 aliphatic rings. The highest BCUT2D eigenvalue weighted by atomic mass is 19.1. The summed E-state index contributed by atoms with van der Waals surface area (Å²) < 4.78 is 12.5. The molecule has 0 aliphatic carbocycles. The summed E-state index contributed by atoms with van der Waals surface area (Å²) in [6.07, 6.45) is 0. The molecule has 1 rings (SSSR count). The van der Waals surface area contributed by atoms with Gasteiger partial charge in [0.05, 0.1) is 5.69 Å². The van der Waals surface area contributed by atoms with Crippen molar-refractivity contribution >= 4 is 5.69 Å². The van der Waals surface area contributed by atoms with Gasteiger partial charge in [-0.2, -0.15) is 0 Å². The Kier molecular flexibility index (Phi) is 5.17. The quantitative estimate of drug-likeness (QED) is 0.657. The average Bonchev–Trinajstić information content (AvgIpc) is 2.09. The lowest BCUT2D eigenvalue weighted by Gasteiger charge is -1.97. The van der Waals surface area contributed by atoms with E-state index in [1.165, 1.54) is 6.07 Å². The zero-order valence-corrected chi connectivity index (χ0v) is 7.19. The number of para-hydroxylation sites is 1. The monoisotopic (exact) mass is 155 g/mol. The molecule has 1 aromatic rings. The van der Waals surface area contributed by atoms with Crippen molar-refractivity contribution in [1.82, 2.24) is 0 Å². The standard InChI is InChI=1S/C7H8FN.C2H6/c1-9-7-5-3-2-4-6(7)8;1-2/h2-5,9H,1H3;1-2H3. The lowest BCUT2D eigenvalue weighted by Crippen LogP contribution is -1.90. The van der Waals surface area contributed by atoms with Crippen LogP contribution in [0, 0.1) is 5.82 Å². The van der Waals surface area contributed by atoms with Crippen LogP contribution in [0.25, 0.3) is 0 Å². The van der Waals surface area contributed by atoms with E-state index < -0.39 is 0 Å². The maximum Gasteiger partial charge on any atom is 0.146 e. The zero-order valence-electron chi connectivity index (χ0n) is 7.19. The lowest BCUT2D eigenvalue weighted by molar-refractivity contribution is 0.631. The molecule has 62 valence electrons. The van der Waals surface area contributed by atoms with Gasteiger partial charge in [0, 0.05) is 7.05 Å². The van der Waals surface area contributed by atoms with Crippen LogP contribution in [0.2, 0.25) is 0 Å². The van der Waals surface area contributed by atoms with E-state index in [0.717, 1.165) is 0 Å². The highest BCUT2D eigenvalue weighted by Crippen LogP contribution is 2.10. The van der Waals surface area contributed by atoms with Crippen molar-refractivity contribution in [2.24, 2.45) is 0 Å². The summed E-state index contributed by atoms with van der Waals surface area (Å²) in [5, 5.41) is 2.72. The Morgan fingerprint density at radius 1 is 1.18 bits per heavy atom. The van der Waals surface area contributed by atoms with Crippen molar-refractivity contribution in [3.8, 4) is 0 Å². The van der Waals surface area contributed by atoms with E-state index >= 15 is 0 Å². The summed E-state index contributed by atoms with van der Waals surface area (Å²) in [5.41, 5.74) is 0.539. The summed E-state index contributed by atoms with van der Waals surface area (Å²) in [6.45, 7) is 4.00. The highest BCUT2D eigenvalue weighted by molar-refractivity contribution is 5.43. The molecule has 0 spiro atoms. The first-order chi connectivity index (χ1) is 5.34. The van der Waals surface area contributed by atoms with Gasteiger partial charge in [-0.05, 0) is 12.1 Å². The van der Waals surface area contributed by atoms with Crippen LogP contribution in [0.1, 0.15) is 13.8 Å². The Hall–Kier alpha value is -1.05. The third-order valence-corrected chi connectivity index (χ3v) is 1.14. The van der Waals surface area contributed by atoms with Gasteiger partial charge in [0.25, 0.3) is 0 Å². The van der Waals surface area contributed by atoms with Crippen molar-refractivity contribution < 1.29 is 4.39 Å². The van der Waals surface area contributed by atoms with Crippen molar-refractivity contribution in [2.45, 2.75) is 13.8 Å². The van der Waals surface area contributed by atoms with Gasteiger partial charge in [0.15, 0.2) is 0 Å². The average molecular weight is 155 g/mol. The van der Waals surface area contributed by atoms with Gasteiger partial charge >= 0.3 is 0 Å². The highest BCUT2D eigenvalue weighted by Gasteiger charge is 1.93. The fraction of sp³-hybridized carbons (Fsp3) is 0.333. The summed E-state index contributed by atoms with van der Waals surface area (Å²) in [5.74, 6) is -0.208. The molecule has 0 atom stereocenters. The summed E-state index contributed by atoms with van der Waals surface area (Å²) in [7, 11) is 1.69. The molecule has 0 saturated carbocycles. The SMILES string of the molecule is CC.CNc1ccccc1F. The van der Waals surface area contributed by atoms with E-state index in [-0.39, 0.29) is 5.82 Å². The van der Waals surface area contributed by atoms with Crippen LogP contribution >= 0.6 is 0 Å². The molecule has 0 heterocycles. The largest absolute Gasteiger partial charge is 0.386 e. The molecule has 0 saturated heterocycles. The van der Waals surface area contributed by atoms with Crippen molar-refractivity contribution in [1.29, 1.82) is 0 Å². The van der Waals surface area contributed by atoms with E-state index in [2.05, 4.69) is 5.32 Å². The normalized spacial score (nSPS) is 8.00. The molecule has 0 aromatic heterocycles. The molecule has 11 heavy (non-hydrogen) atoms. The van der Waals surface area contributed by atoms with E-state index in [9.17, 15) is 4.39 Å². The van der Waals surface area contributed by atoms with Gasteiger partial charge < -0.3 is 5.32 Å². The maximum atomic E-state index is 12.5. The van der Waals surface area contributed by atoms with Crippen LogP contribution < -0.4 is 5.32 Å². The zero-order chi connectivity index (χ0) is 8.69. The van der Waals surface area contributed by atoms with Gasteiger partial charge in [-0.15, -0.1) is 0 Å². The van der Waals surface area contributed by atoms with Gasteiger partial charge in [-0.1, -0.05) is 26.0 Å². The Morgan fingerprint density at radius 3 is 2.09 bits per heavy atom. The Balaban J connectivity index is 0.000000461. The number of hydrogen-bond acceptors (Lipinski definition) is 1. The first-order valence-corrected chi connectivity index (χ1v) is 3.77. The van der Waals surface area contributed by atoms with Crippen molar-refractivity contribution in [3.63, 3.8) is 0 Å². The Bertz CT molecular complexity index is 199. The summed E-state index contributed by atoms with van der Waals surface area (Å²) in [4.78, 5) is 0. The molecular weight excluding hydrogens is 141 g/mol. The first kappa shape index (κ1) is 9.95. The van der Waals surface area contributed by atoms with Crippen LogP contribution in [0.3, 0.4) is 0 Å². The number of nitrogens with one attached hydrogen (secondary N) is 1. The van der Waals surface area contributed by atoms with Gasteiger partial charge in [-0.3, -0.25) is 0 Å². The topological polar surface area (TPSA) is 12.0 Å². The third kappa shape index (κ3) is 3.03. The molecule has 1 nitrogen and oxygen atoms in total. The van der Waals surface area contributed by atoms with E-state index in [0.29, 0.717) is 5.69 Å². The number of anilines is 1. The first-order valence-electron chi connectivity index (χ1n) is 3.77.